The minimum atomic E-state index is -3.87. The van der Waals surface area contributed by atoms with E-state index in [1.54, 1.807) is 0 Å². The van der Waals surface area contributed by atoms with Crippen molar-refractivity contribution in [1.29, 1.82) is 0 Å². The third-order valence-electron chi connectivity index (χ3n) is 2.40. The number of rotatable bonds is 4. The molecule has 0 aliphatic carbocycles. The molecule has 0 amide bonds. The predicted octanol–water partition coefficient (Wildman–Crippen LogP) is 0.946. The first-order valence-corrected chi connectivity index (χ1v) is 7.62. The molecule has 9 heteroatoms. The van der Waals surface area contributed by atoms with Crippen LogP contribution in [0.4, 0.5) is 5.69 Å². The Balaban J connectivity index is 2.32. The first-order valence-electron chi connectivity index (χ1n) is 5.32. The van der Waals surface area contributed by atoms with E-state index in [4.69, 9.17) is 5.11 Å². The van der Waals surface area contributed by atoms with Crippen LogP contribution in [0, 0.1) is 0 Å². The molecule has 0 spiro atoms. The van der Waals surface area contributed by atoms with E-state index in [0.717, 1.165) is 0 Å². The second-order valence-corrected chi connectivity index (χ2v) is 6.89. The summed E-state index contributed by atoms with van der Waals surface area (Å²) in [4.78, 5) is 21.9. The number of anilines is 1. The van der Waals surface area contributed by atoms with E-state index >= 15 is 0 Å². The number of aromatic carboxylic acids is 1. The fourth-order valence-corrected chi connectivity index (χ4v) is 3.63. The van der Waals surface area contributed by atoms with Gasteiger partial charge in [-0.3, -0.25) is 9.52 Å². The number of aryl methyl sites for hydroxylation is 1. The Kier molecular flexibility index (Phi) is 3.64. The number of thiophene rings is 1. The molecule has 0 aliphatic heterocycles. The average molecular weight is 314 g/mol. The van der Waals surface area contributed by atoms with E-state index < -0.39 is 16.0 Å². The number of carbonyl (C=O) groups is 1. The van der Waals surface area contributed by atoms with Crippen LogP contribution in [0.5, 0.6) is 0 Å². The zero-order valence-electron chi connectivity index (χ0n) is 10.2. The van der Waals surface area contributed by atoms with Gasteiger partial charge in [0, 0.05) is 19.3 Å². The second-order valence-electron chi connectivity index (χ2n) is 3.90. The van der Waals surface area contributed by atoms with Gasteiger partial charge >= 0.3 is 5.97 Å². The Hall–Kier alpha value is -2.13. The van der Waals surface area contributed by atoms with Gasteiger partial charge in [0.15, 0.2) is 0 Å². The standard InChI is InChI=1S/C11H10N2O5S2/c1-13-6-7(2-4-9(13)14)12-20(17,18)10-5-3-8(19-10)11(15)16/h2-6,12H,1H3,(H,15,16). The van der Waals surface area contributed by atoms with Crippen LogP contribution in [0.1, 0.15) is 9.67 Å². The van der Waals surface area contributed by atoms with Crippen LogP contribution in [0.25, 0.3) is 0 Å². The summed E-state index contributed by atoms with van der Waals surface area (Å²) in [5.41, 5.74) is -0.0467. The van der Waals surface area contributed by atoms with Crippen LogP contribution in [-0.2, 0) is 17.1 Å². The van der Waals surface area contributed by atoms with E-state index in [1.165, 1.54) is 42.1 Å². The molecule has 0 aromatic carbocycles. The molecule has 20 heavy (non-hydrogen) atoms. The first kappa shape index (κ1) is 14.3. The third kappa shape index (κ3) is 2.89. The Morgan fingerprint density at radius 1 is 1.30 bits per heavy atom. The van der Waals surface area contributed by atoms with Crippen molar-refractivity contribution in [1.82, 2.24) is 4.57 Å². The van der Waals surface area contributed by atoms with Gasteiger partial charge in [-0.15, -0.1) is 11.3 Å². The summed E-state index contributed by atoms with van der Waals surface area (Å²) in [7, 11) is -2.37. The molecule has 0 radical (unpaired) electrons. The van der Waals surface area contributed by atoms with E-state index in [2.05, 4.69) is 4.72 Å². The Morgan fingerprint density at radius 2 is 2.00 bits per heavy atom. The van der Waals surface area contributed by atoms with Gasteiger partial charge < -0.3 is 9.67 Å². The maximum atomic E-state index is 12.1. The van der Waals surface area contributed by atoms with Crippen LogP contribution in [0.2, 0.25) is 0 Å². The lowest BCUT2D eigenvalue weighted by atomic mass is 10.4. The van der Waals surface area contributed by atoms with Crippen molar-refractivity contribution in [2.24, 2.45) is 7.05 Å². The van der Waals surface area contributed by atoms with Gasteiger partial charge in [0.05, 0.1) is 5.69 Å². The number of aromatic nitrogens is 1. The Labute approximate surface area is 118 Å². The molecule has 0 saturated heterocycles. The van der Waals surface area contributed by atoms with E-state index in [-0.39, 0.29) is 20.3 Å². The second kappa shape index (κ2) is 5.10. The lowest BCUT2D eigenvalue weighted by Crippen LogP contribution is -2.17. The number of carboxylic acids is 1. The largest absolute Gasteiger partial charge is 0.477 e. The van der Waals surface area contributed by atoms with Gasteiger partial charge in [0.25, 0.3) is 10.0 Å². The molecule has 2 rings (SSSR count). The van der Waals surface area contributed by atoms with E-state index in [1.807, 2.05) is 0 Å². The SMILES string of the molecule is Cn1cc(NS(=O)(=O)c2ccc(C(=O)O)s2)ccc1=O. The first-order chi connectivity index (χ1) is 9.29. The number of sulfonamides is 1. The number of hydrogen-bond acceptors (Lipinski definition) is 5. The fraction of sp³-hybridized carbons (Fsp3) is 0.0909. The van der Waals surface area contributed by atoms with Crippen molar-refractivity contribution in [3.8, 4) is 0 Å². The van der Waals surface area contributed by atoms with Crippen molar-refractivity contribution < 1.29 is 18.3 Å². The molecule has 0 atom stereocenters. The highest BCUT2D eigenvalue weighted by Crippen LogP contribution is 2.23. The quantitative estimate of drug-likeness (QED) is 0.874. The molecular weight excluding hydrogens is 304 g/mol. The van der Waals surface area contributed by atoms with Gasteiger partial charge in [0.2, 0.25) is 5.56 Å². The summed E-state index contributed by atoms with van der Waals surface area (Å²) in [5, 5.41) is 8.78. The minimum absolute atomic E-state index is 0.0640. The highest BCUT2D eigenvalue weighted by atomic mass is 32.2. The van der Waals surface area contributed by atoms with Crippen LogP contribution in [0.3, 0.4) is 0 Å². The molecule has 2 N–H and O–H groups in total. The Bertz CT molecular complexity index is 819. The van der Waals surface area contributed by atoms with E-state index in [9.17, 15) is 18.0 Å². The summed E-state index contributed by atoms with van der Waals surface area (Å²) in [6, 6.07) is 5.02. The highest BCUT2D eigenvalue weighted by Gasteiger charge is 2.19. The molecule has 7 nitrogen and oxygen atoms in total. The van der Waals surface area contributed by atoms with Gasteiger partial charge in [-0.2, -0.15) is 0 Å². The van der Waals surface area contributed by atoms with Crippen molar-refractivity contribution in [3.63, 3.8) is 0 Å². The number of nitrogens with zero attached hydrogens (tertiary/aromatic N) is 1. The normalized spacial score (nSPS) is 11.2. The summed E-state index contributed by atoms with van der Waals surface area (Å²) in [6.07, 6.45) is 1.34. The average Bonchev–Trinajstić information content (AvgIpc) is 2.84. The molecular formula is C11H10N2O5S2. The van der Waals surface area contributed by atoms with Gasteiger partial charge in [-0.25, -0.2) is 13.2 Å². The molecule has 2 heterocycles. The lowest BCUT2D eigenvalue weighted by molar-refractivity contribution is 0.0702. The maximum absolute atomic E-state index is 12.1. The molecule has 2 aromatic rings. The molecule has 0 saturated carbocycles. The monoisotopic (exact) mass is 314 g/mol. The Morgan fingerprint density at radius 3 is 2.55 bits per heavy atom. The number of nitrogens with one attached hydrogen (secondary N) is 1. The van der Waals surface area contributed by atoms with Gasteiger partial charge in [-0.1, -0.05) is 0 Å². The lowest BCUT2D eigenvalue weighted by Gasteiger charge is -2.07. The van der Waals surface area contributed by atoms with Crippen LogP contribution in [-0.4, -0.2) is 24.1 Å². The zero-order valence-corrected chi connectivity index (χ0v) is 11.9. The topological polar surface area (TPSA) is 105 Å². The molecule has 2 aromatic heterocycles. The van der Waals surface area contributed by atoms with Crippen molar-refractivity contribution in [3.05, 3.63) is 45.7 Å². The zero-order chi connectivity index (χ0) is 14.9. The molecule has 0 aliphatic rings. The van der Waals surface area contributed by atoms with Crippen molar-refractivity contribution in [2.75, 3.05) is 4.72 Å². The van der Waals surface area contributed by atoms with E-state index in [0.29, 0.717) is 11.3 Å². The maximum Gasteiger partial charge on any atom is 0.345 e. The fourth-order valence-electron chi connectivity index (χ4n) is 1.44. The molecule has 106 valence electrons. The predicted molar refractivity (Wildman–Crippen MR) is 73.8 cm³/mol. The number of pyridine rings is 1. The summed E-state index contributed by atoms with van der Waals surface area (Å²) in [6.45, 7) is 0. The summed E-state index contributed by atoms with van der Waals surface area (Å²) < 4.78 is 27.5. The smallest absolute Gasteiger partial charge is 0.345 e. The van der Waals surface area contributed by atoms with Crippen molar-refractivity contribution >= 4 is 33.0 Å². The van der Waals surface area contributed by atoms with Gasteiger partial charge in [-0.05, 0) is 18.2 Å². The number of hydrogen-bond donors (Lipinski definition) is 2. The molecule has 0 unspecified atom stereocenters. The summed E-state index contributed by atoms with van der Waals surface area (Å²) >= 11 is 0.656. The van der Waals surface area contributed by atoms with Crippen LogP contribution in [0.15, 0.2) is 39.5 Å². The minimum Gasteiger partial charge on any atom is -0.477 e. The van der Waals surface area contributed by atoms with Crippen LogP contribution >= 0.6 is 11.3 Å². The van der Waals surface area contributed by atoms with Crippen molar-refractivity contribution in [2.45, 2.75) is 4.21 Å². The third-order valence-corrected chi connectivity index (χ3v) is 5.34. The highest BCUT2D eigenvalue weighted by molar-refractivity contribution is 7.94. The molecule has 0 bridgehead atoms. The van der Waals surface area contributed by atoms with Crippen LogP contribution < -0.4 is 10.3 Å². The molecule has 0 fully saturated rings. The summed E-state index contributed by atoms with van der Waals surface area (Å²) in [5.74, 6) is -1.18. The van der Waals surface area contributed by atoms with Gasteiger partial charge in [0.1, 0.15) is 9.09 Å². The number of carboxylic acid groups (broad SMARTS) is 1.